The Bertz CT molecular complexity index is 1060. The fourth-order valence-corrected chi connectivity index (χ4v) is 5.45. The van der Waals surface area contributed by atoms with Crippen molar-refractivity contribution in [1.82, 2.24) is 0 Å². The van der Waals surface area contributed by atoms with Gasteiger partial charge in [-0.2, -0.15) is 0 Å². The summed E-state index contributed by atoms with van der Waals surface area (Å²) in [6, 6.07) is 6.00. The molecule has 0 bridgehead atoms. The molecule has 0 N–H and O–H groups in total. The van der Waals surface area contributed by atoms with E-state index >= 15 is 4.39 Å². The Balaban J connectivity index is 1.43. The first kappa shape index (κ1) is 24.1. The number of hydrogen-bond donors (Lipinski definition) is 0. The van der Waals surface area contributed by atoms with Crippen molar-refractivity contribution in [2.24, 2.45) is 17.8 Å². The minimum atomic E-state index is -1.01. The molecule has 2 aliphatic rings. The van der Waals surface area contributed by atoms with Gasteiger partial charge in [0.1, 0.15) is 18.2 Å². The van der Waals surface area contributed by atoms with Crippen LogP contribution in [0.15, 0.2) is 55.6 Å². The molecule has 0 heterocycles. The molecule has 4 rings (SSSR count). The number of fused-ring (bicyclic) bond motifs is 1. The van der Waals surface area contributed by atoms with Gasteiger partial charge in [-0.15, -0.1) is 6.58 Å². The maximum atomic E-state index is 15.0. The van der Waals surface area contributed by atoms with Crippen molar-refractivity contribution in [3.63, 3.8) is 0 Å². The van der Waals surface area contributed by atoms with Crippen LogP contribution in [0.5, 0.6) is 11.5 Å². The van der Waals surface area contributed by atoms with Gasteiger partial charge < -0.3 is 9.47 Å². The van der Waals surface area contributed by atoms with E-state index in [1.807, 2.05) is 0 Å². The quantitative estimate of drug-likeness (QED) is 0.241. The molecule has 34 heavy (non-hydrogen) atoms. The molecule has 2 aromatic rings. The number of ether oxygens (including phenoxy) is 2. The van der Waals surface area contributed by atoms with Gasteiger partial charge in [0.05, 0.1) is 5.56 Å². The molecule has 2 aliphatic carbocycles. The van der Waals surface area contributed by atoms with Crippen molar-refractivity contribution in [3.8, 4) is 11.5 Å². The highest BCUT2D eigenvalue weighted by Gasteiger charge is 2.36. The molecule has 2 saturated carbocycles. The summed E-state index contributed by atoms with van der Waals surface area (Å²) in [5.74, 6) is -2.28. The smallest absolute Gasteiger partial charge is 0.343 e. The molecule has 2 aromatic carbocycles. The predicted molar refractivity (Wildman–Crippen MR) is 125 cm³/mol. The largest absolute Gasteiger partial charge is 0.483 e. The second kappa shape index (κ2) is 10.5. The van der Waals surface area contributed by atoms with Crippen molar-refractivity contribution in [1.29, 1.82) is 0 Å². The molecule has 0 amide bonds. The fraction of sp³-hybridized carbons (Fsp3) is 0.393. The summed E-state index contributed by atoms with van der Waals surface area (Å²) in [6.07, 6.45) is 9.83. The lowest BCUT2D eigenvalue weighted by Crippen LogP contribution is -2.30. The van der Waals surface area contributed by atoms with Crippen molar-refractivity contribution in [2.75, 3.05) is 6.61 Å². The minimum Gasteiger partial charge on any atom is -0.483 e. The summed E-state index contributed by atoms with van der Waals surface area (Å²) in [5, 5.41) is 0. The number of carbonyl (C=O) groups is 1. The van der Waals surface area contributed by atoms with Crippen molar-refractivity contribution >= 4 is 5.97 Å². The number of benzene rings is 2. The van der Waals surface area contributed by atoms with E-state index in [-0.39, 0.29) is 23.8 Å². The van der Waals surface area contributed by atoms with Gasteiger partial charge in [-0.25, -0.2) is 18.0 Å². The zero-order valence-electron chi connectivity index (χ0n) is 19.1. The third-order valence-electron chi connectivity index (χ3n) is 7.19. The molecule has 2 fully saturated rings. The second-order valence-electron chi connectivity index (χ2n) is 9.28. The molecular weight excluding hydrogens is 441 g/mol. The van der Waals surface area contributed by atoms with Gasteiger partial charge in [-0.1, -0.05) is 24.8 Å². The molecule has 180 valence electrons. The number of carbonyl (C=O) groups excluding carboxylic acids is 1. The van der Waals surface area contributed by atoms with Crippen molar-refractivity contribution in [2.45, 2.75) is 44.4 Å². The third-order valence-corrected chi connectivity index (χ3v) is 7.19. The first-order chi connectivity index (χ1) is 16.4. The Labute approximate surface area is 198 Å². The van der Waals surface area contributed by atoms with Crippen LogP contribution in [-0.4, -0.2) is 12.6 Å². The third kappa shape index (κ3) is 5.21. The Kier molecular flexibility index (Phi) is 7.44. The molecule has 0 radical (unpaired) electrons. The van der Waals surface area contributed by atoms with Gasteiger partial charge in [-0.3, -0.25) is 0 Å². The molecule has 0 saturated heterocycles. The van der Waals surface area contributed by atoms with Crippen LogP contribution < -0.4 is 9.47 Å². The van der Waals surface area contributed by atoms with E-state index in [0.29, 0.717) is 23.3 Å². The van der Waals surface area contributed by atoms with E-state index in [1.165, 1.54) is 18.6 Å². The highest BCUT2D eigenvalue weighted by atomic mass is 19.1. The monoisotopic (exact) mass is 470 g/mol. The van der Waals surface area contributed by atoms with Crippen LogP contribution >= 0.6 is 0 Å². The van der Waals surface area contributed by atoms with Crippen LogP contribution in [0.3, 0.4) is 0 Å². The second-order valence-corrected chi connectivity index (χ2v) is 9.28. The first-order valence-electron chi connectivity index (χ1n) is 11.8. The lowest BCUT2D eigenvalue weighted by atomic mass is 9.64. The molecule has 4 atom stereocenters. The minimum absolute atomic E-state index is 0.0192. The number of halogens is 3. The molecule has 4 unspecified atom stereocenters. The van der Waals surface area contributed by atoms with Crippen LogP contribution in [0.4, 0.5) is 13.2 Å². The van der Waals surface area contributed by atoms with Crippen LogP contribution in [0.25, 0.3) is 0 Å². The number of allylic oxidation sites excluding steroid dienone is 1. The van der Waals surface area contributed by atoms with Crippen molar-refractivity contribution < 1.29 is 27.4 Å². The lowest BCUT2D eigenvalue weighted by molar-refractivity contribution is 0.0733. The summed E-state index contributed by atoms with van der Waals surface area (Å²) < 4.78 is 53.3. The zero-order chi connectivity index (χ0) is 24.2. The van der Waals surface area contributed by atoms with Crippen LogP contribution in [0, 0.1) is 35.2 Å². The lowest BCUT2D eigenvalue weighted by Gasteiger charge is -2.41. The van der Waals surface area contributed by atoms with E-state index in [0.717, 1.165) is 50.3 Å². The van der Waals surface area contributed by atoms with E-state index in [1.54, 1.807) is 6.07 Å². The molecule has 0 aromatic heterocycles. The van der Waals surface area contributed by atoms with E-state index in [4.69, 9.17) is 9.47 Å². The summed E-state index contributed by atoms with van der Waals surface area (Å²) in [5.41, 5.74) is 0.593. The molecule has 0 spiro atoms. The van der Waals surface area contributed by atoms with Gasteiger partial charge in [0.2, 0.25) is 0 Å². The van der Waals surface area contributed by atoms with Gasteiger partial charge in [0.15, 0.2) is 17.4 Å². The van der Waals surface area contributed by atoms with E-state index in [9.17, 15) is 13.6 Å². The Morgan fingerprint density at radius 2 is 1.65 bits per heavy atom. The Morgan fingerprint density at radius 3 is 2.32 bits per heavy atom. The number of esters is 1. The summed E-state index contributed by atoms with van der Waals surface area (Å²) >= 11 is 0. The molecule has 0 aliphatic heterocycles. The summed E-state index contributed by atoms with van der Waals surface area (Å²) in [6.45, 7) is 7.28. The topological polar surface area (TPSA) is 35.5 Å². The Hall–Kier alpha value is -3.02. The van der Waals surface area contributed by atoms with E-state index < -0.39 is 29.2 Å². The van der Waals surface area contributed by atoms with Gasteiger partial charge >= 0.3 is 5.97 Å². The van der Waals surface area contributed by atoms with Crippen LogP contribution in [0.2, 0.25) is 0 Å². The molecular formula is C28H29F3O3. The average molecular weight is 471 g/mol. The maximum absolute atomic E-state index is 15.0. The standard InChI is InChI=1S/C28H29F3O3/c1-3-11-33-27-25(30)15-22(16-26(27)31)34-28(32)21-9-10-23(24(29)14-21)20-8-7-18-12-17(4-2)5-6-19(18)13-20/h3-4,9-10,14-20H,1-2,5-8,11-13H2. The van der Waals surface area contributed by atoms with Gasteiger partial charge in [0, 0.05) is 12.1 Å². The maximum Gasteiger partial charge on any atom is 0.343 e. The number of hydrogen-bond acceptors (Lipinski definition) is 3. The van der Waals surface area contributed by atoms with Gasteiger partial charge in [0.25, 0.3) is 0 Å². The zero-order valence-corrected chi connectivity index (χ0v) is 19.1. The number of rotatable bonds is 7. The first-order valence-corrected chi connectivity index (χ1v) is 11.8. The van der Waals surface area contributed by atoms with Crippen LogP contribution in [0.1, 0.15) is 60.4 Å². The Morgan fingerprint density at radius 1 is 0.941 bits per heavy atom. The predicted octanol–water partition coefficient (Wildman–Crippen LogP) is 7.37. The highest BCUT2D eigenvalue weighted by molar-refractivity contribution is 5.91. The normalized spacial score (nSPS) is 24.1. The van der Waals surface area contributed by atoms with E-state index in [2.05, 4.69) is 19.2 Å². The highest BCUT2D eigenvalue weighted by Crippen LogP contribution is 2.48. The summed E-state index contributed by atoms with van der Waals surface area (Å²) in [7, 11) is 0. The fourth-order valence-electron chi connectivity index (χ4n) is 5.45. The summed E-state index contributed by atoms with van der Waals surface area (Å²) in [4.78, 5) is 12.5. The SMILES string of the molecule is C=CCOc1c(F)cc(OC(=O)c2ccc(C3CCC4CC(C=C)CCC4C3)c(F)c2)cc1F. The molecule has 6 heteroatoms. The van der Waals surface area contributed by atoms with Gasteiger partial charge in [-0.05, 0) is 79.9 Å². The van der Waals surface area contributed by atoms with Crippen molar-refractivity contribution in [3.05, 3.63) is 84.2 Å². The molecule has 3 nitrogen and oxygen atoms in total. The van der Waals surface area contributed by atoms with Crippen LogP contribution in [-0.2, 0) is 0 Å². The average Bonchev–Trinajstić information content (AvgIpc) is 2.82.